The molecule has 4 amide bonds. The van der Waals surface area contributed by atoms with Crippen LogP contribution in [0.1, 0.15) is 18.1 Å². The monoisotopic (exact) mass is 393 g/mol. The molecule has 1 N–H and O–H groups in total. The fourth-order valence-corrected chi connectivity index (χ4v) is 4.16. The molecule has 4 rings (SSSR count). The zero-order valence-corrected chi connectivity index (χ0v) is 16.7. The van der Waals surface area contributed by atoms with Crippen LogP contribution in [0.25, 0.3) is 0 Å². The maximum atomic E-state index is 13.6. The molecular weight excluding hydrogens is 370 g/mol. The van der Waals surface area contributed by atoms with E-state index < -0.39 is 23.3 Å². The number of carbonyl (C=O) groups excluding carboxylic acids is 3. The molecule has 0 aliphatic carbocycles. The summed E-state index contributed by atoms with van der Waals surface area (Å²) in [5.41, 5.74) is 2.01. The lowest BCUT2D eigenvalue weighted by atomic mass is 9.74. The quantitative estimate of drug-likeness (QED) is 0.811. The molecule has 7 heteroatoms. The third-order valence-corrected chi connectivity index (χ3v) is 5.52. The third-order valence-electron chi connectivity index (χ3n) is 5.52. The molecule has 1 fully saturated rings. The fraction of sp³-hybridized carbons (Fsp3) is 0.318. The van der Waals surface area contributed by atoms with Crippen molar-refractivity contribution >= 4 is 29.2 Å². The van der Waals surface area contributed by atoms with Crippen LogP contribution in [-0.4, -0.2) is 38.0 Å². The molecule has 1 saturated heterocycles. The third kappa shape index (κ3) is 3.03. The van der Waals surface area contributed by atoms with Gasteiger partial charge in [-0.05, 0) is 56.2 Å². The molecular formula is C22H23N3O4. The predicted molar refractivity (Wildman–Crippen MR) is 109 cm³/mol. The van der Waals surface area contributed by atoms with Crippen molar-refractivity contribution in [3.05, 3.63) is 53.6 Å². The van der Waals surface area contributed by atoms with Crippen molar-refractivity contribution in [2.75, 3.05) is 30.0 Å². The first kappa shape index (κ1) is 19.0. The average molecular weight is 393 g/mol. The lowest BCUT2D eigenvalue weighted by molar-refractivity contribution is -0.142. The summed E-state index contributed by atoms with van der Waals surface area (Å²) in [7, 11) is 1.85. The van der Waals surface area contributed by atoms with E-state index in [2.05, 4.69) is 5.32 Å². The maximum Gasteiger partial charge on any atom is 0.335 e. The van der Waals surface area contributed by atoms with Crippen molar-refractivity contribution in [3.8, 4) is 5.75 Å². The van der Waals surface area contributed by atoms with E-state index in [0.29, 0.717) is 18.0 Å². The van der Waals surface area contributed by atoms with Crippen molar-refractivity contribution in [3.63, 3.8) is 0 Å². The molecule has 1 spiro atoms. The normalized spacial score (nSPS) is 21.3. The first-order chi connectivity index (χ1) is 13.9. The Morgan fingerprint density at radius 1 is 1.10 bits per heavy atom. The molecule has 7 nitrogen and oxygen atoms in total. The molecule has 150 valence electrons. The van der Waals surface area contributed by atoms with Gasteiger partial charge in [0, 0.05) is 19.3 Å². The molecule has 0 aromatic heterocycles. The number of fused-ring (bicyclic) bond motifs is 1. The number of benzene rings is 2. The van der Waals surface area contributed by atoms with Crippen LogP contribution in [0.2, 0.25) is 0 Å². The van der Waals surface area contributed by atoms with Crippen molar-refractivity contribution < 1.29 is 19.1 Å². The Bertz CT molecular complexity index is 1000. The number of carbonyl (C=O) groups is 3. The Morgan fingerprint density at radius 3 is 2.52 bits per heavy atom. The first-order valence-corrected chi connectivity index (χ1v) is 9.59. The average Bonchev–Trinajstić information content (AvgIpc) is 2.68. The topological polar surface area (TPSA) is 79.0 Å². The van der Waals surface area contributed by atoms with Gasteiger partial charge in [0.15, 0.2) is 5.41 Å². The molecule has 0 saturated carbocycles. The molecule has 2 aromatic rings. The summed E-state index contributed by atoms with van der Waals surface area (Å²) in [6.07, 6.45) is 0.250. The van der Waals surface area contributed by atoms with Crippen LogP contribution in [-0.2, 0) is 16.0 Å². The van der Waals surface area contributed by atoms with Crippen molar-refractivity contribution in [2.24, 2.45) is 5.41 Å². The lowest BCUT2D eigenvalue weighted by Crippen LogP contribution is -2.68. The van der Waals surface area contributed by atoms with Crippen molar-refractivity contribution in [1.82, 2.24) is 5.32 Å². The second kappa shape index (κ2) is 6.92. The Hall–Kier alpha value is -3.35. The van der Waals surface area contributed by atoms with Gasteiger partial charge < -0.3 is 9.64 Å². The summed E-state index contributed by atoms with van der Waals surface area (Å²) in [6, 6.07) is 12.0. The number of hydrogen-bond donors (Lipinski definition) is 1. The summed E-state index contributed by atoms with van der Waals surface area (Å²) in [5.74, 6) is -0.406. The van der Waals surface area contributed by atoms with Crippen molar-refractivity contribution in [2.45, 2.75) is 20.3 Å². The number of anilines is 2. The van der Waals surface area contributed by atoms with Crippen LogP contribution in [0, 0.1) is 12.3 Å². The van der Waals surface area contributed by atoms with Gasteiger partial charge >= 0.3 is 6.03 Å². The zero-order valence-electron chi connectivity index (χ0n) is 16.7. The molecule has 1 atom stereocenters. The minimum atomic E-state index is -1.36. The highest BCUT2D eigenvalue weighted by Crippen LogP contribution is 2.40. The number of nitrogens with zero attached hydrogens (tertiary/aromatic N) is 2. The van der Waals surface area contributed by atoms with E-state index in [9.17, 15) is 14.4 Å². The molecule has 0 radical (unpaired) electrons. The highest BCUT2D eigenvalue weighted by molar-refractivity contribution is 6.30. The number of barbiturate groups is 1. The van der Waals surface area contributed by atoms with Gasteiger partial charge in [-0.15, -0.1) is 0 Å². The van der Waals surface area contributed by atoms with Gasteiger partial charge in [0.05, 0.1) is 12.3 Å². The van der Waals surface area contributed by atoms with Gasteiger partial charge in [0.2, 0.25) is 5.91 Å². The van der Waals surface area contributed by atoms with Crippen LogP contribution in [0.3, 0.4) is 0 Å². The van der Waals surface area contributed by atoms with Crippen molar-refractivity contribution in [1.29, 1.82) is 0 Å². The summed E-state index contributed by atoms with van der Waals surface area (Å²) in [5, 5.41) is 2.39. The number of amides is 4. The number of nitrogens with one attached hydrogen (secondary N) is 1. The Balaban J connectivity index is 1.74. The molecule has 0 unspecified atom stereocenters. The van der Waals surface area contributed by atoms with Gasteiger partial charge in [0.25, 0.3) is 5.91 Å². The standard InChI is InChI=1S/C22H23N3O4/c1-4-29-17-8-6-16(7-9-17)25-20(27)22(19(26)23-21(25)28)12-15-11-14(2)5-10-18(15)24(3)13-22/h5-11H,4,12-13H2,1-3H3,(H,23,26,28)/t22-/m1/s1. The highest BCUT2D eigenvalue weighted by Gasteiger charge is 2.56. The number of hydrogen-bond acceptors (Lipinski definition) is 5. The van der Waals surface area contributed by atoms with Crippen LogP contribution < -0.4 is 19.9 Å². The molecule has 29 heavy (non-hydrogen) atoms. The largest absolute Gasteiger partial charge is 0.494 e. The molecule has 2 aliphatic rings. The number of ether oxygens (including phenoxy) is 1. The van der Waals surface area contributed by atoms with Crippen LogP contribution in [0.4, 0.5) is 16.2 Å². The Morgan fingerprint density at radius 2 is 1.83 bits per heavy atom. The van der Waals surface area contributed by atoms with Gasteiger partial charge in [-0.2, -0.15) is 0 Å². The zero-order chi connectivity index (χ0) is 20.8. The summed E-state index contributed by atoms with van der Waals surface area (Å²) >= 11 is 0. The SMILES string of the molecule is CCOc1ccc(N2C(=O)NC(=O)[C@]3(Cc4cc(C)ccc4N(C)C3)C2=O)cc1. The summed E-state index contributed by atoms with van der Waals surface area (Å²) < 4.78 is 5.43. The second-order valence-corrected chi connectivity index (χ2v) is 7.57. The van der Waals surface area contributed by atoms with E-state index in [0.717, 1.165) is 21.7 Å². The Labute approximate surface area is 169 Å². The fourth-order valence-electron chi connectivity index (χ4n) is 4.16. The van der Waals surface area contributed by atoms with E-state index in [1.807, 2.05) is 44.0 Å². The minimum absolute atomic E-state index is 0.203. The van der Waals surface area contributed by atoms with Gasteiger partial charge in [-0.25, -0.2) is 9.69 Å². The maximum absolute atomic E-state index is 13.6. The predicted octanol–water partition coefficient (Wildman–Crippen LogP) is 2.66. The van der Waals surface area contributed by atoms with Gasteiger partial charge in [0.1, 0.15) is 5.75 Å². The smallest absolute Gasteiger partial charge is 0.335 e. The number of rotatable bonds is 3. The minimum Gasteiger partial charge on any atom is -0.494 e. The molecule has 2 heterocycles. The van der Waals surface area contributed by atoms with Crippen LogP contribution >= 0.6 is 0 Å². The Kier molecular flexibility index (Phi) is 4.53. The first-order valence-electron chi connectivity index (χ1n) is 9.59. The van der Waals surface area contributed by atoms with E-state index in [1.54, 1.807) is 24.3 Å². The lowest BCUT2D eigenvalue weighted by Gasteiger charge is -2.45. The van der Waals surface area contributed by atoms with Gasteiger partial charge in [-0.1, -0.05) is 17.7 Å². The van der Waals surface area contributed by atoms with E-state index in [1.165, 1.54) is 0 Å². The molecule has 0 bridgehead atoms. The van der Waals surface area contributed by atoms with E-state index in [4.69, 9.17) is 4.74 Å². The second-order valence-electron chi connectivity index (χ2n) is 7.57. The van der Waals surface area contributed by atoms with Gasteiger partial charge in [-0.3, -0.25) is 14.9 Å². The highest BCUT2D eigenvalue weighted by atomic mass is 16.5. The number of urea groups is 1. The summed E-state index contributed by atoms with van der Waals surface area (Å²) in [4.78, 5) is 42.0. The van der Waals surface area contributed by atoms with Crippen LogP contribution in [0.5, 0.6) is 5.75 Å². The summed E-state index contributed by atoms with van der Waals surface area (Å²) in [6.45, 7) is 4.57. The molecule has 2 aliphatic heterocycles. The van der Waals surface area contributed by atoms with E-state index >= 15 is 0 Å². The number of imide groups is 2. The van der Waals surface area contributed by atoms with E-state index in [-0.39, 0.29) is 13.0 Å². The number of aryl methyl sites for hydroxylation is 1. The molecule has 2 aromatic carbocycles. The van der Waals surface area contributed by atoms with Crippen LogP contribution in [0.15, 0.2) is 42.5 Å².